The second kappa shape index (κ2) is 7.43. The summed E-state index contributed by atoms with van der Waals surface area (Å²) in [4.78, 5) is 0. The molecular formula is C19H18ClNO3. The van der Waals surface area contributed by atoms with Crippen LogP contribution in [0.5, 0.6) is 11.5 Å². The lowest BCUT2D eigenvalue weighted by Crippen LogP contribution is -3.00. The molecule has 3 aromatic rings. The van der Waals surface area contributed by atoms with Crippen molar-refractivity contribution in [3.8, 4) is 22.8 Å². The highest BCUT2D eigenvalue weighted by molar-refractivity contribution is 5.57. The highest BCUT2D eigenvalue weighted by Gasteiger charge is 2.13. The van der Waals surface area contributed by atoms with Crippen LogP contribution in [-0.2, 0) is 13.1 Å². The molecule has 1 aliphatic rings. The quantitative estimate of drug-likeness (QED) is 0.706. The summed E-state index contributed by atoms with van der Waals surface area (Å²) in [6, 6.07) is 20.3. The van der Waals surface area contributed by atoms with Gasteiger partial charge < -0.3 is 31.6 Å². The van der Waals surface area contributed by atoms with Crippen LogP contribution in [-0.4, -0.2) is 6.79 Å². The molecule has 4 rings (SSSR count). The molecule has 0 fully saturated rings. The van der Waals surface area contributed by atoms with Crippen LogP contribution in [0.1, 0.15) is 11.3 Å². The van der Waals surface area contributed by atoms with E-state index in [-0.39, 0.29) is 12.4 Å². The van der Waals surface area contributed by atoms with Gasteiger partial charge in [-0.25, -0.2) is 0 Å². The van der Waals surface area contributed by atoms with Crippen LogP contribution in [0, 0.1) is 0 Å². The molecule has 4 nitrogen and oxygen atoms in total. The van der Waals surface area contributed by atoms with Crippen molar-refractivity contribution in [2.75, 3.05) is 6.79 Å². The first-order valence-corrected chi connectivity index (χ1v) is 7.73. The van der Waals surface area contributed by atoms with Crippen molar-refractivity contribution < 1.29 is 31.6 Å². The zero-order valence-corrected chi connectivity index (χ0v) is 13.8. The number of rotatable bonds is 5. The van der Waals surface area contributed by atoms with E-state index in [1.807, 2.05) is 42.5 Å². The first-order chi connectivity index (χ1) is 11.4. The minimum atomic E-state index is 0. The van der Waals surface area contributed by atoms with Crippen molar-refractivity contribution in [3.05, 3.63) is 72.0 Å². The van der Waals surface area contributed by atoms with Crippen molar-refractivity contribution in [1.29, 1.82) is 0 Å². The number of halogens is 1. The maximum atomic E-state index is 5.91. The van der Waals surface area contributed by atoms with Gasteiger partial charge in [0.15, 0.2) is 17.3 Å². The van der Waals surface area contributed by atoms with Crippen molar-refractivity contribution in [2.45, 2.75) is 13.1 Å². The second-order valence-corrected chi connectivity index (χ2v) is 5.52. The summed E-state index contributed by atoms with van der Waals surface area (Å²) in [7, 11) is 0. The predicted octanol–water partition coefficient (Wildman–Crippen LogP) is -0.0571. The molecular weight excluding hydrogens is 326 g/mol. The fourth-order valence-electron chi connectivity index (χ4n) is 2.69. The maximum Gasteiger partial charge on any atom is 0.231 e. The Labute approximate surface area is 146 Å². The molecule has 0 atom stereocenters. The third-order valence-electron chi connectivity index (χ3n) is 3.88. The van der Waals surface area contributed by atoms with Gasteiger partial charge in [-0.3, -0.25) is 0 Å². The molecule has 0 saturated carbocycles. The van der Waals surface area contributed by atoms with Gasteiger partial charge in [0.25, 0.3) is 0 Å². The van der Waals surface area contributed by atoms with E-state index in [0.29, 0.717) is 6.79 Å². The molecule has 2 aromatic carbocycles. The minimum absolute atomic E-state index is 0. The van der Waals surface area contributed by atoms with Crippen LogP contribution >= 0.6 is 0 Å². The Bertz CT molecular complexity index is 801. The number of nitrogens with two attached hydrogens (primary N) is 1. The Kier molecular flexibility index (Phi) is 5.08. The van der Waals surface area contributed by atoms with E-state index in [9.17, 15) is 0 Å². The Hall–Kier alpha value is -2.43. The zero-order valence-electron chi connectivity index (χ0n) is 13.1. The summed E-state index contributed by atoms with van der Waals surface area (Å²) in [5.41, 5.74) is 2.32. The zero-order chi connectivity index (χ0) is 15.5. The molecule has 124 valence electrons. The summed E-state index contributed by atoms with van der Waals surface area (Å²) in [5, 5.41) is 2.21. The monoisotopic (exact) mass is 343 g/mol. The van der Waals surface area contributed by atoms with Crippen LogP contribution in [0.4, 0.5) is 0 Å². The normalized spacial score (nSPS) is 12.0. The summed E-state index contributed by atoms with van der Waals surface area (Å²) in [6.07, 6.45) is 0. The Morgan fingerprint density at radius 1 is 0.833 bits per heavy atom. The lowest BCUT2D eigenvalue weighted by molar-refractivity contribution is -0.687. The lowest BCUT2D eigenvalue weighted by atomic mass is 10.2. The van der Waals surface area contributed by atoms with Gasteiger partial charge in [0.05, 0.1) is 0 Å². The molecule has 0 amide bonds. The second-order valence-electron chi connectivity index (χ2n) is 5.52. The number of hydrogen-bond donors (Lipinski definition) is 1. The van der Waals surface area contributed by atoms with E-state index in [4.69, 9.17) is 13.9 Å². The number of benzene rings is 2. The van der Waals surface area contributed by atoms with Gasteiger partial charge in [-0.1, -0.05) is 30.3 Å². The molecule has 5 heteroatoms. The van der Waals surface area contributed by atoms with E-state index >= 15 is 0 Å². The van der Waals surface area contributed by atoms with E-state index in [1.54, 1.807) is 0 Å². The molecule has 0 aliphatic carbocycles. The molecule has 0 bridgehead atoms. The molecule has 0 saturated heterocycles. The van der Waals surface area contributed by atoms with Gasteiger partial charge in [0, 0.05) is 11.1 Å². The number of fused-ring (bicyclic) bond motifs is 1. The van der Waals surface area contributed by atoms with Gasteiger partial charge in [-0.05, 0) is 30.3 Å². The topological polar surface area (TPSA) is 48.2 Å². The Morgan fingerprint density at radius 3 is 2.54 bits per heavy atom. The third kappa shape index (κ3) is 3.55. The van der Waals surface area contributed by atoms with E-state index in [2.05, 4.69) is 23.5 Å². The largest absolute Gasteiger partial charge is 1.00 e. The third-order valence-corrected chi connectivity index (χ3v) is 3.88. The van der Waals surface area contributed by atoms with Crippen molar-refractivity contribution in [2.24, 2.45) is 0 Å². The van der Waals surface area contributed by atoms with E-state index in [1.165, 1.54) is 5.56 Å². The Morgan fingerprint density at radius 2 is 1.67 bits per heavy atom. The fourth-order valence-corrected chi connectivity index (χ4v) is 2.69. The highest BCUT2D eigenvalue weighted by atomic mass is 35.5. The summed E-state index contributed by atoms with van der Waals surface area (Å²) < 4.78 is 16.6. The van der Waals surface area contributed by atoms with Crippen LogP contribution in [0.25, 0.3) is 11.3 Å². The van der Waals surface area contributed by atoms with Crippen molar-refractivity contribution in [1.82, 2.24) is 0 Å². The van der Waals surface area contributed by atoms with Gasteiger partial charge in [-0.2, -0.15) is 0 Å². The van der Waals surface area contributed by atoms with Crippen LogP contribution in [0.2, 0.25) is 0 Å². The van der Waals surface area contributed by atoms with Gasteiger partial charge >= 0.3 is 0 Å². The van der Waals surface area contributed by atoms with Gasteiger partial charge in [0.2, 0.25) is 6.79 Å². The number of quaternary nitrogens is 1. The maximum absolute atomic E-state index is 5.91. The molecule has 24 heavy (non-hydrogen) atoms. The first kappa shape index (κ1) is 16.4. The predicted molar refractivity (Wildman–Crippen MR) is 86.0 cm³/mol. The van der Waals surface area contributed by atoms with Crippen LogP contribution in [0.3, 0.4) is 0 Å². The van der Waals surface area contributed by atoms with Crippen LogP contribution in [0.15, 0.2) is 65.1 Å². The minimum Gasteiger partial charge on any atom is -1.00 e. The standard InChI is InChI=1S/C19H17NO3.ClH/c1-2-4-15(5-3-1)17-9-7-16(23-17)12-20-11-14-6-8-18-19(10-14)22-13-21-18;/h1-10,20H,11-13H2;1H. The molecule has 2 N–H and O–H groups in total. The summed E-state index contributed by atoms with van der Waals surface area (Å²) >= 11 is 0. The molecule has 2 heterocycles. The average Bonchev–Trinajstić information content (AvgIpc) is 3.24. The average molecular weight is 344 g/mol. The Balaban J connectivity index is 0.00000169. The van der Waals surface area contributed by atoms with Crippen LogP contribution < -0.4 is 27.2 Å². The smallest absolute Gasteiger partial charge is 0.231 e. The van der Waals surface area contributed by atoms with Crippen molar-refractivity contribution in [3.63, 3.8) is 0 Å². The molecule has 1 aromatic heterocycles. The molecule has 0 radical (unpaired) electrons. The lowest BCUT2D eigenvalue weighted by Gasteiger charge is -2.02. The van der Waals surface area contributed by atoms with Gasteiger partial charge in [-0.15, -0.1) is 0 Å². The summed E-state index contributed by atoms with van der Waals surface area (Å²) in [6.45, 7) is 2.00. The number of furan rings is 1. The van der Waals surface area contributed by atoms with Gasteiger partial charge in [0.1, 0.15) is 18.8 Å². The molecule has 1 aliphatic heterocycles. The summed E-state index contributed by atoms with van der Waals surface area (Å²) in [5.74, 6) is 3.55. The fraction of sp³-hybridized carbons (Fsp3) is 0.158. The van der Waals surface area contributed by atoms with Crippen molar-refractivity contribution >= 4 is 0 Å². The number of ether oxygens (including phenoxy) is 2. The SMILES string of the molecule is [Cl-].c1ccc(-c2ccc(C[NH2+]Cc3ccc4c(c3)OCO4)o2)cc1. The first-order valence-electron chi connectivity index (χ1n) is 7.73. The number of hydrogen-bond acceptors (Lipinski definition) is 3. The highest BCUT2D eigenvalue weighted by Crippen LogP contribution is 2.32. The van der Waals surface area contributed by atoms with E-state index in [0.717, 1.165) is 41.7 Å². The molecule has 0 spiro atoms. The molecule has 0 unspecified atom stereocenters. The van der Waals surface area contributed by atoms with E-state index < -0.39 is 0 Å².